The average Bonchev–Trinajstić information content (AvgIpc) is 3.78. The van der Waals surface area contributed by atoms with Gasteiger partial charge >= 0.3 is 0 Å². The molecule has 0 aliphatic heterocycles. The SMILES string of the molecule is c1ccc(-c2nc3ccccc3n2-c2ccc(-c3ccccc3-c3ccccc3-c3ccc4c(c3)c3ccccc3n4-c3ccccc3)cc2)cc1. The van der Waals surface area contributed by atoms with Crippen LogP contribution in [0.5, 0.6) is 0 Å². The molecular weight excluding hydrogens is 631 g/mol. The van der Waals surface area contributed by atoms with Gasteiger partial charge in [0.15, 0.2) is 0 Å². The highest BCUT2D eigenvalue weighted by atomic mass is 15.1. The van der Waals surface area contributed by atoms with Gasteiger partial charge in [-0.3, -0.25) is 4.57 Å². The molecule has 10 aromatic rings. The van der Waals surface area contributed by atoms with Crippen molar-refractivity contribution in [1.82, 2.24) is 14.1 Å². The molecule has 0 amide bonds. The van der Waals surface area contributed by atoms with Crippen LogP contribution in [0, 0.1) is 0 Å². The van der Waals surface area contributed by atoms with Gasteiger partial charge in [-0.1, -0.05) is 146 Å². The second kappa shape index (κ2) is 12.4. The van der Waals surface area contributed by atoms with Crippen molar-refractivity contribution < 1.29 is 0 Å². The number of benzene rings is 8. The van der Waals surface area contributed by atoms with Crippen LogP contribution in [0.3, 0.4) is 0 Å². The minimum Gasteiger partial charge on any atom is -0.309 e. The van der Waals surface area contributed by atoms with Crippen LogP contribution in [0.25, 0.3) is 89.0 Å². The molecule has 52 heavy (non-hydrogen) atoms. The lowest BCUT2D eigenvalue weighted by Crippen LogP contribution is -1.97. The van der Waals surface area contributed by atoms with Crippen molar-refractivity contribution in [3.8, 4) is 56.1 Å². The molecule has 0 radical (unpaired) electrons. The van der Waals surface area contributed by atoms with E-state index in [0.29, 0.717) is 0 Å². The second-order valence-corrected chi connectivity index (χ2v) is 13.2. The van der Waals surface area contributed by atoms with Crippen LogP contribution in [0.4, 0.5) is 0 Å². The highest BCUT2D eigenvalue weighted by molar-refractivity contribution is 6.11. The topological polar surface area (TPSA) is 22.8 Å². The van der Waals surface area contributed by atoms with Crippen molar-refractivity contribution in [2.75, 3.05) is 0 Å². The van der Waals surface area contributed by atoms with E-state index in [-0.39, 0.29) is 0 Å². The standard InChI is InChI=1S/C49H33N3/c1-3-15-35(16-4-1)49-50-45-24-12-14-26-48(45)52(49)38-30-27-34(28-31-38)39-19-7-9-21-41(39)42-22-10-8-20-40(42)36-29-32-47-44(33-36)43-23-11-13-25-46(43)51(47)37-17-5-2-6-18-37/h1-33H. The number of aromatic nitrogens is 3. The fraction of sp³-hybridized carbons (Fsp3) is 0. The van der Waals surface area contributed by atoms with Crippen molar-refractivity contribution in [3.63, 3.8) is 0 Å². The Morgan fingerprint density at radius 2 is 0.827 bits per heavy atom. The summed E-state index contributed by atoms with van der Waals surface area (Å²) in [5, 5.41) is 2.50. The first kappa shape index (κ1) is 29.9. The number of rotatable bonds is 6. The van der Waals surface area contributed by atoms with Crippen LogP contribution < -0.4 is 0 Å². The van der Waals surface area contributed by atoms with E-state index in [1.807, 2.05) is 12.1 Å². The van der Waals surface area contributed by atoms with Gasteiger partial charge in [0.1, 0.15) is 5.82 Å². The zero-order valence-corrected chi connectivity index (χ0v) is 28.4. The van der Waals surface area contributed by atoms with Gasteiger partial charge < -0.3 is 4.57 Å². The van der Waals surface area contributed by atoms with Gasteiger partial charge in [-0.25, -0.2) is 4.98 Å². The van der Waals surface area contributed by atoms with Crippen LogP contribution in [0.15, 0.2) is 200 Å². The Morgan fingerprint density at radius 3 is 1.56 bits per heavy atom. The fourth-order valence-electron chi connectivity index (χ4n) is 7.79. The van der Waals surface area contributed by atoms with E-state index in [0.717, 1.165) is 28.1 Å². The third-order valence-electron chi connectivity index (χ3n) is 10.2. The van der Waals surface area contributed by atoms with Gasteiger partial charge in [-0.15, -0.1) is 0 Å². The summed E-state index contributed by atoms with van der Waals surface area (Å²) in [6.45, 7) is 0. The summed E-state index contributed by atoms with van der Waals surface area (Å²) in [6.07, 6.45) is 0. The summed E-state index contributed by atoms with van der Waals surface area (Å²) >= 11 is 0. The molecule has 8 aromatic carbocycles. The molecule has 3 nitrogen and oxygen atoms in total. The first-order chi connectivity index (χ1) is 25.8. The molecule has 2 aromatic heterocycles. The number of imidazole rings is 1. The molecule has 3 heteroatoms. The summed E-state index contributed by atoms with van der Waals surface area (Å²) in [7, 11) is 0. The van der Waals surface area contributed by atoms with Crippen LogP contribution in [0.2, 0.25) is 0 Å². The normalized spacial score (nSPS) is 11.5. The minimum absolute atomic E-state index is 0.938. The number of hydrogen-bond donors (Lipinski definition) is 0. The third-order valence-corrected chi connectivity index (χ3v) is 10.2. The molecule has 0 spiro atoms. The summed E-state index contributed by atoms with van der Waals surface area (Å²) in [5.41, 5.74) is 15.0. The molecule has 0 atom stereocenters. The fourth-order valence-corrected chi connectivity index (χ4v) is 7.79. The molecule has 0 N–H and O–H groups in total. The molecule has 2 heterocycles. The zero-order valence-electron chi connectivity index (χ0n) is 28.4. The molecule has 0 saturated heterocycles. The largest absolute Gasteiger partial charge is 0.309 e. The lowest BCUT2D eigenvalue weighted by molar-refractivity contribution is 1.10. The Kier molecular flexibility index (Phi) is 7.14. The molecule has 0 bridgehead atoms. The molecule has 0 aliphatic rings. The Labute approximate surface area is 302 Å². The maximum atomic E-state index is 5.05. The third kappa shape index (κ3) is 4.94. The first-order valence-corrected chi connectivity index (χ1v) is 17.7. The van der Waals surface area contributed by atoms with E-state index in [1.54, 1.807) is 0 Å². The number of para-hydroxylation sites is 4. The molecule has 0 fully saturated rings. The van der Waals surface area contributed by atoms with Crippen LogP contribution in [-0.4, -0.2) is 14.1 Å². The van der Waals surface area contributed by atoms with Gasteiger partial charge in [-0.05, 0) is 88.0 Å². The lowest BCUT2D eigenvalue weighted by atomic mass is 9.89. The number of fused-ring (bicyclic) bond motifs is 4. The van der Waals surface area contributed by atoms with Crippen molar-refractivity contribution in [2.24, 2.45) is 0 Å². The molecule has 0 aliphatic carbocycles. The van der Waals surface area contributed by atoms with E-state index < -0.39 is 0 Å². The van der Waals surface area contributed by atoms with Crippen LogP contribution >= 0.6 is 0 Å². The molecule has 0 saturated carbocycles. The van der Waals surface area contributed by atoms with E-state index in [2.05, 4.69) is 197 Å². The van der Waals surface area contributed by atoms with Gasteiger partial charge in [0.2, 0.25) is 0 Å². The Morgan fingerprint density at radius 1 is 0.308 bits per heavy atom. The van der Waals surface area contributed by atoms with Gasteiger partial charge in [0.25, 0.3) is 0 Å². The van der Waals surface area contributed by atoms with Gasteiger partial charge in [0, 0.05) is 27.7 Å². The van der Waals surface area contributed by atoms with E-state index in [4.69, 9.17) is 4.98 Å². The maximum Gasteiger partial charge on any atom is 0.145 e. The van der Waals surface area contributed by atoms with Crippen molar-refractivity contribution in [3.05, 3.63) is 200 Å². The summed E-state index contributed by atoms with van der Waals surface area (Å²) in [5.74, 6) is 0.938. The predicted octanol–water partition coefficient (Wildman–Crippen LogP) is 12.8. The quantitative estimate of drug-likeness (QED) is 0.174. The average molecular weight is 664 g/mol. The predicted molar refractivity (Wildman–Crippen MR) is 217 cm³/mol. The maximum absolute atomic E-state index is 5.05. The molecule has 244 valence electrons. The van der Waals surface area contributed by atoms with E-state index in [1.165, 1.54) is 60.9 Å². The molecule has 0 unspecified atom stereocenters. The Bertz CT molecular complexity index is 2880. The molecule has 10 rings (SSSR count). The van der Waals surface area contributed by atoms with E-state index in [9.17, 15) is 0 Å². The minimum atomic E-state index is 0.938. The van der Waals surface area contributed by atoms with Crippen molar-refractivity contribution in [2.45, 2.75) is 0 Å². The van der Waals surface area contributed by atoms with Crippen LogP contribution in [-0.2, 0) is 0 Å². The van der Waals surface area contributed by atoms with Gasteiger partial charge in [0.05, 0.1) is 22.1 Å². The highest BCUT2D eigenvalue weighted by Gasteiger charge is 2.18. The van der Waals surface area contributed by atoms with Gasteiger partial charge in [-0.2, -0.15) is 0 Å². The smallest absolute Gasteiger partial charge is 0.145 e. The number of hydrogen-bond acceptors (Lipinski definition) is 1. The van der Waals surface area contributed by atoms with E-state index >= 15 is 0 Å². The summed E-state index contributed by atoms with van der Waals surface area (Å²) in [4.78, 5) is 5.05. The monoisotopic (exact) mass is 663 g/mol. The molecular formula is C49H33N3. The first-order valence-electron chi connectivity index (χ1n) is 17.7. The Balaban J connectivity index is 1.08. The van der Waals surface area contributed by atoms with Crippen molar-refractivity contribution >= 4 is 32.8 Å². The van der Waals surface area contributed by atoms with Crippen LogP contribution in [0.1, 0.15) is 0 Å². The Hall–Kier alpha value is -6.97. The highest BCUT2D eigenvalue weighted by Crippen LogP contribution is 2.41. The summed E-state index contributed by atoms with van der Waals surface area (Å²) in [6, 6.07) is 71.5. The second-order valence-electron chi connectivity index (χ2n) is 13.2. The lowest BCUT2D eigenvalue weighted by Gasteiger charge is -2.16. The summed E-state index contributed by atoms with van der Waals surface area (Å²) < 4.78 is 4.63. The zero-order chi connectivity index (χ0) is 34.4. The van der Waals surface area contributed by atoms with Crippen molar-refractivity contribution in [1.29, 1.82) is 0 Å². The number of nitrogens with zero attached hydrogens (tertiary/aromatic N) is 3.